The van der Waals surface area contributed by atoms with Crippen LogP contribution < -0.4 is 5.73 Å². The van der Waals surface area contributed by atoms with Crippen LogP contribution in [0.5, 0.6) is 0 Å². The molecule has 0 bridgehead atoms. The maximum Gasteiger partial charge on any atom is 0.0784 e. The van der Waals surface area contributed by atoms with Crippen molar-refractivity contribution in [3.8, 4) is 0 Å². The van der Waals surface area contributed by atoms with Gasteiger partial charge in [-0.1, -0.05) is 51.1 Å². The third-order valence-corrected chi connectivity index (χ3v) is 4.88. The minimum atomic E-state index is -0.434. The van der Waals surface area contributed by atoms with Crippen molar-refractivity contribution < 1.29 is 5.11 Å². The molecule has 1 aromatic rings. The number of thioether (sulfide) groups is 1. The lowest BCUT2D eigenvalue weighted by atomic mass is 10.0. The third-order valence-electron chi connectivity index (χ3n) is 3.28. The van der Waals surface area contributed by atoms with Crippen LogP contribution in [0.15, 0.2) is 30.3 Å². The van der Waals surface area contributed by atoms with Gasteiger partial charge in [0, 0.05) is 17.0 Å². The first-order chi connectivity index (χ1) is 8.50. The lowest BCUT2D eigenvalue weighted by Crippen LogP contribution is -2.38. The molecule has 1 aromatic carbocycles. The molecule has 0 radical (unpaired) electrons. The molecule has 0 aliphatic carbocycles. The van der Waals surface area contributed by atoms with Gasteiger partial charge in [-0.25, -0.2) is 0 Å². The van der Waals surface area contributed by atoms with Gasteiger partial charge in [0.2, 0.25) is 0 Å². The summed E-state index contributed by atoms with van der Waals surface area (Å²) in [5, 5.41) is 10.6. The quantitative estimate of drug-likeness (QED) is 0.798. The highest BCUT2D eigenvalue weighted by atomic mass is 32.2. The zero-order chi connectivity index (χ0) is 13.5. The molecule has 0 aliphatic rings. The van der Waals surface area contributed by atoms with Gasteiger partial charge in [0.1, 0.15) is 0 Å². The summed E-state index contributed by atoms with van der Waals surface area (Å²) in [5.74, 6) is 1.35. The number of rotatable bonds is 7. The Morgan fingerprint density at radius 1 is 1.17 bits per heavy atom. The van der Waals surface area contributed by atoms with Crippen molar-refractivity contribution in [2.24, 2.45) is 11.7 Å². The second-order valence-corrected chi connectivity index (χ2v) is 6.61. The average Bonchev–Trinajstić information content (AvgIpc) is 2.36. The standard InChI is InChI=1S/C15H25NOS/c1-11(2)12(3)18-10-15(17)14(16)9-13-7-5-4-6-8-13/h4-8,11-12,14-15,17H,9-10,16H2,1-3H3. The van der Waals surface area contributed by atoms with Gasteiger partial charge in [0.05, 0.1) is 6.10 Å². The van der Waals surface area contributed by atoms with Gasteiger partial charge >= 0.3 is 0 Å². The zero-order valence-corrected chi connectivity index (χ0v) is 12.4. The summed E-state index contributed by atoms with van der Waals surface area (Å²) >= 11 is 1.80. The zero-order valence-electron chi connectivity index (χ0n) is 11.5. The molecule has 102 valence electrons. The Balaban J connectivity index is 2.35. The summed E-state index contributed by atoms with van der Waals surface area (Å²) in [4.78, 5) is 0. The highest BCUT2D eigenvalue weighted by Gasteiger charge is 2.17. The summed E-state index contributed by atoms with van der Waals surface area (Å²) in [7, 11) is 0. The largest absolute Gasteiger partial charge is 0.391 e. The molecule has 0 saturated carbocycles. The van der Waals surface area contributed by atoms with Gasteiger partial charge in [-0.05, 0) is 17.9 Å². The van der Waals surface area contributed by atoms with E-state index in [4.69, 9.17) is 5.73 Å². The van der Waals surface area contributed by atoms with E-state index in [1.54, 1.807) is 11.8 Å². The second kappa shape index (κ2) is 7.82. The van der Waals surface area contributed by atoms with E-state index in [9.17, 15) is 5.11 Å². The molecule has 0 spiro atoms. The molecular formula is C15H25NOS. The summed E-state index contributed by atoms with van der Waals surface area (Å²) in [5.41, 5.74) is 7.23. The Morgan fingerprint density at radius 2 is 1.78 bits per heavy atom. The van der Waals surface area contributed by atoms with Gasteiger partial charge < -0.3 is 10.8 Å². The summed E-state index contributed by atoms with van der Waals surface area (Å²) in [6.07, 6.45) is 0.301. The first-order valence-corrected chi connectivity index (χ1v) is 7.64. The Labute approximate surface area is 115 Å². The number of hydrogen-bond donors (Lipinski definition) is 2. The summed E-state index contributed by atoms with van der Waals surface area (Å²) in [6, 6.07) is 9.92. The molecule has 0 aliphatic heterocycles. The Kier molecular flexibility index (Phi) is 6.76. The highest BCUT2D eigenvalue weighted by molar-refractivity contribution is 7.99. The van der Waals surface area contributed by atoms with Gasteiger partial charge in [0.25, 0.3) is 0 Å². The lowest BCUT2D eigenvalue weighted by Gasteiger charge is -2.22. The normalized spacial score (nSPS) is 16.6. The van der Waals surface area contributed by atoms with Crippen molar-refractivity contribution in [1.29, 1.82) is 0 Å². The van der Waals surface area contributed by atoms with Crippen molar-refractivity contribution in [3.05, 3.63) is 35.9 Å². The molecule has 1 rings (SSSR count). The summed E-state index contributed by atoms with van der Waals surface area (Å²) in [6.45, 7) is 6.60. The van der Waals surface area contributed by atoms with E-state index in [1.807, 2.05) is 18.2 Å². The van der Waals surface area contributed by atoms with Crippen LogP contribution in [0.2, 0.25) is 0 Å². The maximum atomic E-state index is 10.1. The first-order valence-electron chi connectivity index (χ1n) is 6.60. The van der Waals surface area contributed by atoms with Gasteiger partial charge in [-0.15, -0.1) is 0 Å². The van der Waals surface area contributed by atoms with Crippen LogP contribution in [0.25, 0.3) is 0 Å². The molecule has 0 aromatic heterocycles. The second-order valence-electron chi connectivity index (χ2n) is 5.20. The summed E-state index contributed by atoms with van der Waals surface area (Å²) < 4.78 is 0. The van der Waals surface area contributed by atoms with Crippen LogP contribution in [0.3, 0.4) is 0 Å². The fourth-order valence-corrected chi connectivity index (χ4v) is 2.72. The number of nitrogens with two attached hydrogens (primary N) is 1. The SMILES string of the molecule is CC(C)C(C)SCC(O)C(N)Cc1ccccc1. The number of aliphatic hydroxyl groups excluding tert-OH is 1. The fourth-order valence-electron chi connectivity index (χ4n) is 1.59. The molecule has 0 heterocycles. The molecule has 3 N–H and O–H groups in total. The van der Waals surface area contributed by atoms with Crippen molar-refractivity contribution in [3.63, 3.8) is 0 Å². The van der Waals surface area contributed by atoms with E-state index in [0.717, 1.165) is 6.42 Å². The first kappa shape index (κ1) is 15.5. The average molecular weight is 267 g/mol. The molecule has 3 heteroatoms. The molecule has 2 nitrogen and oxygen atoms in total. The lowest BCUT2D eigenvalue weighted by molar-refractivity contribution is 0.167. The third kappa shape index (κ3) is 5.42. The van der Waals surface area contributed by atoms with Crippen LogP contribution in [-0.4, -0.2) is 28.3 Å². The molecule has 0 saturated heterocycles. The van der Waals surface area contributed by atoms with Gasteiger partial charge in [-0.3, -0.25) is 0 Å². The Hall–Kier alpha value is -0.510. The van der Waals surface area contributed by atoms with E-state index >= 15 is 0 Å². The van der Waals surface area contributed by atoms with Crippen molar-refractivity contribution >= 4 is 11.8 Å². The predicted molar refractivity (Wildman–Crippen MR) is 80.9 cm³/mol. The van der Waals surface area contributed by atoms with Crippen molar-refractivity contribution in [2.45, 2.75) is 44.6 Å². The number of aliphatic hydroxyl groups is 1. The fraction of sp³-hybridized carbons (Fsp3) is 0.600. The van der Waals surface area contributed by atoms with E-state index in [-0.39, 0.29) is 6.04 Å². The van der Waals surface area contributed by atoms with E-state index in [2.05, 4.69) is 32.9 Å². The van der Waals surface area contributed by atoms with Crippen molar-refractivity contribution in [1.82, 2.24) is 0 Å². The predicted octanol–water partition coefficient (Wildman–Crippen LogP) is 2.70. The van der Waals surface area contributed by atoms with Crippen LogP contribution in [0, 0.1) is 5.92 Å². The van der Waals surface area contributed by atoms with Crippen molar-refractivity contribution in [2.75, 3.05) is 5.75 Å². The van der Waals surface area contributed by atoms with Gasteiger partial charge in [0.15, 0.2) is 0 Å². The Bertz CT molecular complexity index is 329. The van der Waals surface area contributed by atoms with Crippen LogP contribution in [0.1, 0.15) is 26.3 Å². The van der Waals surface area contributed by atoms with E-state index in [0.29, 0.717) is 16.9 Å². The topological polar surface area (TPSA) is 46.2 Å². The highest BCUT2D eigenvalue weighted by Crippen LogP contribution is 2.20. The Morgan fingerprint density at radius 3 is 2.33 bits per heavy atom. The molecule has 3 unspecified atom stereocenters. The molecule has 18 heavy (non-hydrogen) atoms. The molecule has 0 fully saturated rings. The van der Waals surface area contributed by atoms with Crippen LogP contribution in [-0.2, 0) is 6.42 Å². The minimum absolute atomic E-state index is 0.181. The molecule has 0 amide bonds. The monoisotopic (exact) mass is 267 g/mol. The van der Waals surface area contributed by atoms with E-state index < -0.39 is 6.10 Å². The van der Waals surface area contributed by atoms with E-state index in [1.165, 1.54) is 5.56 Å². The van der Waals surface area contributed by atoms with Crippen LogP contribution in [0.4, 0.5) is 0 Å². The minimum Gasteiger partial charge on any atom is -0.391 e. The number of hydrogen-bond acceptors (Lipinski definition) is 3. The van der Waals surface area contributed by atoms with Gasteiger partial charge in [-0.2, -0.15) is 11.8 Å². The smallest absolute Gasteiger partial charge is 0.0784 e. The molecular weight excluding hydrogens is 242 g/mol. The molecule has 3 atom stereocenters. The maximum absolute atomic E-state index is 10.1. The number of benzene rings is 1. The van der Waals surface area contributed by atoms with Crippen LogP contribution >= 0.6 is 11.8 Å².